The van der Waals surface area contributed by atoms with Crippen LogP contribution < -0.4 is 0 Å². The maximum absolute atomic E-state index is 13.1. The van der Waals surface area contributed by atoms with Gasteiger partial charge in [-0.15, -0.1) is 0 Å². The van der Waals surface area contributed by atoms with E-state index in [2.05, 4.69) is 0 Å². The molecule has 0 aliphatic rings. The van der Waals surface area contributed by atoms with E-state index in [0.29, 0.717) is 16.6 Å². The molecular formula is C22H20F3NO3. The molecule has 1 heterocycles. The lowest BCUT2D eigenvalue weighted by atomic mass is 9.99. The lowest BCUT2D eigenvalue weighted by Crippen LogP contribution is -2.27. The average Bonchev–Trinajstić information content (AvgIpc) is 2.91. The van der Waals surface area contributed by atoms with Gasteiger partial charge in [-0.1, -0.05) is 30.3 Å². The van der Waals surface area contributed by atoms with Crippen molar-refractivity contribution in [2.24, 2.45) is 0 Å². The summed E-state index contributed by atoms with van der Waals surface area (Å²) in [6.07, 6.45) is -5.11. The molecule has 0 aliphatic heterocycles. The van der Waals surface area contributed by atoms with E-state index in [1.807, 2.05) is 0 Å². The minimum atomic E-state index is -4.48. The zero-order valence-corrected chi connectivity index (χ0v) is 16.4. The van der Waals surface area contributed by atoms with E-state index in [1.54, 1.807) is 52.0 Å². The Hall–Kier alpha value is -3.09. The molecule has 0 saturated carbocycles. The molecule has 4 nitrogen and oxygen atoms in total. The predicted molar refractivity (Wildman–Crippen MR) is 103 cm³/mol. The van der Waals surface area contributed by atoms with Crippen LogP contribution in [0, 0.1) is 6.92 Å². The Bertz CT molecular complexity index is 1090. The van der Waals surface area contributed by atoms with E-state index >= 15 is 0 Å². The van der Waals surface area contributed by atoms with Crippen LogP contribution in [0.3, 0.4) is 0 Å². The van der Waals surface area contributed by atoms with E-state index < -0.39 is 29.2 Å². The van der Waals surface area contributed by atoms with Gasteiger partial charge in [-0.25, -0.2) is 9.36 Å². The van der Waals surface area contributed by atoms with Crippen LogP contribution in [0.15, 0.2) is 48.5 Å². The van der Waals surface area contributed by atoms with Gasteiger partial charge in [0.15, 0.2) is 5.78 Å². The third kappa shape index (κ3) is 4.04. The van der Waals surface area contributed by atoms with Crippen LogP contribution in [0.1, 0.15) is 48.0 Å². The van der Waals surface area contributed by atoms with Crippen molar-refractivity contribution in [2.45, 2.75) is 39.5 Å². The molecule has 3 aromatic rings. The molecule has 0 amide bonds. The Labute approximate surface area is 165 Å². The van der Waals surface area contributed by atoms with Crippen molar-refractivity contribution in [1.29, 1.82) is 0 Å². The van der Waals surface area contributed by atoms with Crippen molar-refractivity contribution in [3.8, 4) is 0 Å². The third-order valence-corrected chi connectivity index (χ3v) is 4.39. The molecule has 0 unspecified atom stereocenters. The first-order chi connectivity index (χ1) is 13.4. The normalized spacial score (nSPS) is 12.2. The smallest absolute Gasteiger partial charge is 0.419 e. The fourth-order valence-electron chi connectivity index (χ4n) is 3.15. The number of hydrogen-bond donors (Lipinski definition) is 0. The molecule has 0 bridgehead atoms. The van der Waals surface area contributed by atoms with Crippen LogP contribution >= 0.6 is 0 Å². The summed E-state index contributed by atoms with van der Waals surface area (Å²) >= 11 is 0. The fraction of sp³-hybridized carbons (Fsp3) is 0.273. The standard InChI is InChI=1S/C22H20F3NO3/c1-13-18(19(27)14-9-11-15(12-10-14)22(23,24)25)16-7-5-6-8-17(16)26(13)20(28)29-21(2,3)4/h5-12H,1-4H3. The minimum absolute atomic E-state index is 0.105. The first-order valence-electron chi connectivity index (χ1n) is 8.95. The Kier molecular flexibility index (Phi) is 5.03. The summed E-state index contributed by atoms with van der Waals surface area (Å²) in [4.78, 5) is 25.8. The molecule has 3 rings (SSSR count). The molecular weight excluding hydrogens is 383 g/mol. The Morgan fingerprint density at radius 1 is 0.931 bits per heavy atom. The zero-order chi connectivity index (χ0) is 21.6. The van der Waals surface area contributed by atoms with Gasteiger partial charge < -0.3 is 4.74 Å². The molecule has 29 heavy (non-hydrogen) atoms. The second kappa shape index (κ2) is 7.06. The average molecular weight is 403 g/mol. The SMILES string of the molecule is Cc1c(C(=O)c2ccc(C(F)(F)F)cc2)c2ccccc2n1C(=O)OC(C)(C)C. The number of carbonyl (C=O) groups is 2. The Balaban J connectivity index is 2.12. The number of halogens is 3. The van der Waals surface area contributed by atoms with Crippen molar-refractivity contribution < 1.29 is 27.5 Å². The monoisotopic (exact) mass is 403 g/mol. The largest absolute Gasteiger partial charge is 0.443 e. The van der Waals surface area contributed by atoms with Crippen LogP contribution in [0.2, 0.25) is 0 Å². The summed E-state index contributed by atoms with van der Waals surface area (Å²) in [6, 6.07) is 10.9. The predicted octanol–water partition coefficient (Wildman–Crippen LogP) is 5.98. The van der Waals surface area contributed by atoms with Crippen molar-refractivity contribution >= 4 is 22.8 Å². The van der Waals surface area contributed by atoms with Gasteiger partial charge in [-0.2, -0.15) is 13.2 Å². The van der Waals surface area contributed by atoms with Gasteiger partial charge in [0, 0.05) is 16.6 Å². The summed E-state index contributed by atoms with van der Waals surface area (Å²) in [6.45, 7) is 6.82. The molecule has 0 saturated heterocycles. The van der Waals surface area contributed by atoms with Gasteiger partial charge in [0.1, 0.15) is 5.60 Å². The topological polar surface area (TPSA) is 48.3 Å². The lowest BCUT2D eigenvalue weighted by Gasteiger charge is -2.20. The van der Waals surface area contributed by atoms with Crippen LogP contribution in [0.4, 0.5) is 18.0 Å². The molecule has 1 aromatic heterocycles. The molecule has 0 atom stereocenters. The maximum atomic E-state index is 13.1. The van der Waals surface area contributed by atoms with Crippen molar-refractivity contribution in [1.82, 2.24) is 4.57 Å². The highest BCUT2D eigenvalue weighted by Crippen LogP contribution is 2.31. The van der Waals surface area contributed by atoms with E-state index in [0.717, 1.165) is 24.3 Å². The van der Waals surface area contributed by atoms with Crippen molar-refractivity contribution in [3.63, 3.8) is 0 Å². The highest BCUT2D eigenvalue weighted by Gasteiger charge is 2.31. The number of nitrogens with zero attached hydrogens (tertiary/aromatic N) is 1. The summed E-state index contributed by atoms with van der Waals surface area (Å²) in [5.41, 5.74) is -0.340. The zero-order valence-electron chi connectivity index (χ0n) is 16.4. The summed E-state index contributed by atoms with van der Waals surface area (Å²) in [7, 11) is 0. The highest BCUT2D eigenvalue weighted by atomic mass is 19.4. The van der Waals surface area contributed by atoms with Gasteiger partial charge in [-0.05, 0) is 45.9 Å². The fourth-order valence-corrected chi connectivity index (χ4v) is 3.15. The van der Waals surface area contributed by atoms with E-state index in [9.17, 15) is 22.8 Å². The van der Waals surface area contributed by atoms with Gasteiger partial charge >= 0.3 is 12.3 Å². The first-order valence-corrected chi connectivity index (χ1v) is 8.95. The van der Waals surface area contributed by atoms with E-state index in [-0.39, 0.29) is 11.1 Å². The molecule has 0 spiro atoms. The number of carbonyl (C=O) groups excluding carboxylic acids is 2. The second-order valence-corrected chi connectivity index (χ2v) is 7.70. The Morgan fingerprint density at radius 2 is 1.52 bits per heavy atom. The summed E-state index contributed by atoms with van der Waals surface area (Å²) in [5, 5.41) is 0.528. The number of benzene rings is 2. The van der Waals surface area contributed by atoms with Crippen molar-refractivity contribution in [2.75, 3.05) is 0 Å². The maximum Gasteiger partial charge on any atom is 0.419 e. The molecule has 7 heteroatoms. The second-order valence-electron chi connectivity index (χ2n) is 7.70. The number of hydrogen-bond acceptors (Lipinski definition) is 3. The van der Waals surface area contributed by atoms with Gasteiger partial charge in [0.2, 0.25) is 0 Å². The highest BCUT2D eigenvalue weighted by molar-refractivity contribution is 6.18. The van der Waals surface area contributed by atoms with E-state index in [4.69, 9.17) is 4.74 Å². The summed E-state index contributed by atoms with van der Waals surface area (Å²) in [5.74, 6) is -0.463. The number of ether oxygens (including phenoxy) is 1. The lowest BCUT2D eigenvalue weighted by molar-refractivity contribution is -0.137. The van der Waals surface area contributed by atoms with Crippen LogP contribution in [0.5, 0.6) is 0 Å². The molecule has 0 aliphatic carbocycles. The Morgan fingerprint density at radius 3 is 2.07 bits per heavy atom. The van der Waals surface area contributed by atoms with E-state index in [1.165, 1.54) is 4.57 Å². The molecule has 0 radical (unpaired) electrons. The minimum Gasteiger partial charge on any atom is -0.443 e. The van der Waals surface area contributed by atoms with Crippen LogP contribution in [0.25, 0.3) is 10.9 Å². The van der Waals surface area contributed by atoms with Gasteiger partial charge in [0.05, 0.1) is 16.6 Å². The number of aromatic nitrogens is 1. The quantitative estimate of drug-likeness (QED) is 0.495. The van der Waals surface area contributed by atoms with Gasteiger partial charge in [0.25, 0.3) is 0 Å². The van der Waals surface area contributed by atoms with Crippen LogP contribution in [-0.4, -0.2) is 22.0 Å². The number of rotatable bonds is 2. The van der Waals surface area contributed by atoms with Gasteiger partial charge in [-0.3, -0.25) is 4.79 Å². The molecule has 0 N–H and O–H groups in total. The summed E-state index contributed by atoms with van der Waals surface area (Å²) < 4.78 is 45.2. The number of para-hydroxylation sites is 1. The number of ketones is 1. The number of fused-ring (bicyclic) bond motifs is 1. The molecule has 0 fully saturated rings. The molecule has 152 valence electrons. The molecule has 2 aromatic carbocycles. The number of alkyl halides is 3. The first kappa shape index (κ1) is 20.6. The third-order valence-electron chi connectivity index (χ3n) is 4.39. The van der Waals surface area contributed by atoms with Crippen LogP contribution in [-0.2, 0) is 10.9 Å². The van der Waals surface area contributed by atoms with Crippen molar-refractivity contribution in [3.05, 3.63) is 70.9 Å².